The molecule has 1 N–H and O–H groups in total. The maximum atomic E-state index is 11.2. The number of carboxylic acids is 1. The first-order valence-electron chi connectivity index (χ1n) is 6.33. The molecule has 100 valence electrons. The molecule has 5 heteroatoms. The van der Waals surface area contributed by atoms with Gasteiger partial charge in [0, 0.05) is 13.1 Å². The van der Waals surface area contributed by atoms with E-state index >= 15 is 0 Å². The molecule has 5 nitrogen and oxygen atoms in total. The summed E-state index contributed by atoms with van der Waals surface area (Å²) in [5.74, 6) is -0.676. The van der Waals surface area contributed by atoms with Crippen molar-refractivity contribution in [3.63, 3.8) is 0 Å². The molecule has 1 aliphatic carbocycles. The summed E-state index contributed by atoms with van der Waals surface area (Å²) in [7, 11) is 1.95. The maximum absolute atomic E-state index is 11.2. The van der Waals surface area contributed by atoms with Crippen molar-refractivity contribution in [1.29, 1.82) is 0 Å². The first-order valence-corrected chi connectivity index (χ1v) is 6.33. The fourth-order valence-corrected chi connectivity index (χ4v) is 2.47. The quantitative estimate of drug-likeness (QED) is 0.892. The molecule has 1 aliphatic rings. The van der Waals surface area contributed by atoms with E-state index in [2.05, 4.69) is 9.88 Å². The molecule has 3 rings (SSSR count). The Morgan fingerprint density at radius 2 is 2.32 bits per heavy atom. The molecule has 0 unspecified atom stereocenters. The monoisotopic (exact) mass is 260 g/mol. The number of carbonyl (C=O) groups is 1. The summed E-state index contributed by atoms with van der Waals surface area (Å²) >= 11 is 0. The van der Waals surface area contributed by atoms with Gasteiger partial charge in [-0.3, -0.25) is 4.79 Å². The number of oxazole rings is 1. The van der Waals surface area contributed by atoms with Crippen LogP contribution in [0.25, 0.3) is 11.1 Å². The van der Waals surface area contributed by atoms with Gasteiger partial charge in [0.05, 0.1) is 5.41 Å². The number of carboxylic acid groups (broad SMARTS) is 1. The number of aliphatic carboxylic acids is 1. The van der Waals surface area contributed by atoms with Crippen molar-refractivity contribution >= 4 is 17.1 Å². The average molecular weight is 260 g/mol. The molecule has 0 aliphatic heterocycles. The molecule has 19 heavy (non-hydrogen) atoms. The zero-order chi connectivity index (χ0) is 13.5. The summed E-state index contributed by atoms with van der Waals surface area (Å²) in [5.41, 5.74) is 2.21. The second-order valence-electron chi connectivity index (χ2n) is 5.41. The van der Waals surface area contributed by atoms with Crippen LogP contribution in [-0.4, -0.2) is 34.6 Å². The Hall–Kier alpha value is -1.88. The van der Waals surface area contributed by atoms with Gasteiger partial charge in [0.1, 0.15) is 5.52 Å². The van der Waals surface area contributed by atoms with E-state index in [0.29, 0.717) is 13.1 Å². The van der Waals surface area contributed by atoms with Gasteiger partial charge >= 0.3 is 5.97 Å². The lowest BCUT2D eigenvalue weighted by molar-refractivity contribution is -0.144. The number of aromatic nitrogens is 1. The Labute approximate surface area is 110 Å². The van der Waals surface area contributed by atoms with Crippen LogP contribution in [0.5, 0.6) is 0 Å². The number of benzene rings is 1. The van der Waals surface area contributed by atoms with Gasteiger partial charge in [-0.15, -0.1) is 0 Å². The highest BCUT2D eigenvalue weighted by Crippen LogP contribution is 2.46. The first kappa shape index (κ1) is 12.2. The van der Waals surface area contributed by atoms with Crippen molar-refractivity contribution in [1.82, 2.24) is 9.88 Å². The smallest absolute Gasteiger partial charge is 0.310 e. The Bertz CT molecular complexity index is 616. The minimum absolute atomic E-state index is 0.509. The molecule has 0 atom stereocenters. The van der Waals surface area contributed by atoms with E-state index in [4.69, 9.17) is 4.42 Å². The predicted octanol–water partition coefficient (Wildman–Crippen LogP) is 2.12. The van der Waals surface area contributed by atoms with E-state index in [0.717, 1.165) is 29.5 Å². The Kier molecular flexibility index (Phi) is 2.78. The largest absolute Gasteiger partial charge is 0.481 e. The predicted molar refractivity (Wildman–Crippen MR) is 69.6 cm³/mol. The van der Waals surface area contributed by atoms with Gasteiger partial charge in [-0.2, -0.15) is 0 Å². The van der Waals surface area contributed by atoms with Gasteiger partial charge < -0.3 is 14.4 Å². The van der Waals surface area contributed by atoms with E-state index in [1.807, 2.05) is 25.2 Å². The number of fused-ring (bicyclic) bond motifs is 1. The molecule has 1 aromatic heterocycles. The van der Waals surface area contributed by atoms with E-state index in [1.54, 1.807) is 0 Å². The third-order valence-electron chi connectivity index (χ3n) is 3.73. The van der Waals surface area contributed by atoms with Crippen LogP contribution >= 0.6 is 0 Å². The average Bonchev–Trinajstić information content (AvgIpc) is 2.99. The van der Waals surface area contributed by atoms with Crippen LogP contribution < -0.4 is 0 Å². The summed E-state index contributed by atoms with van der Waals surface area (Å²) in [6, 6.07) is 5.88. The third-order valence-corrected chi connectivity index (χ3v) is 3.73. The second kappa shape index (κ2) is 4.35. The van der Waals surface area contributed by atoms with Crippen molar-refractivity contribution in [3.8, 4) is 0 Å². The highest BCUT2D eigenvalue weighted by Gasteiger charge is 2.50. The zero-order valence-corrected chi connectivity index (χ0v) is 10.8. The van der Waals surface area contributed by atoms with Crippen molar-refractivity contribution < 1.29 is 14.3 Å². The van der Waals surface area contributed by atoms with Crippen LogP contribution in [0.15, 0.2) is 29.0 Å². The van der Waals surface area contributed by atoms with Crippen LogP contribution in [0.3, 0.4) is 0 Å². The summed E-state index contributed by atoms with van der Waals surface area (Å²) < 4.78 is 5.27. The highest BCUT2D eigenvalue weighted by molar-refractivity contribution is 5.78. The minimum atomic E-state index is -0.676. The Morgan fingerprint density at radius 3 is 3.00 bits per heavy atom. The highest BCUT2D eigenvalue weighted by atomic mass is 16.4. The Morgan fingerprint density at radius 1 is 1.53 bits per heavy atom. The molecular formula is C14H16N2O3. The summed E-state index contributed by atoms with van der Waals surface area (Å²) in [5, 5.41) is 9.18. The van der Waals surface area contributed by atoms with Gasteiger partial charge in [0.15, 0.2) is 12.0 Å². The number of nitrogens with zero attached hydrogens (tertiary/aromatic N) is 2. The van der Waals surface area contributed by atoms with Crippen LogP contribution in [0.2, 0.25) is 0 Å². The minimum Gasteiger partial charge on any atom is -0.481 e. The lowest BCUT2D eigenvalue weighted by atomic mass is 10.1. The van der Waals surface area contributed by atoms with Gasteiger partial charge in [-0.25, -0.2) is 4.98 Å². The zero-order valence-electron chi connectivity index (χ0n) is 10.8. The SMILES string of the molecule is CN(Cc1ccc2ncoc2c1)CC1(C(=O)O)CC1. The second-order valence-corrected chi connectivity index (χ2v) is 5.41. The molecule has 2 aromatic rings. The van der Waals surface area contributed by atoms with E-state index in [-0.39, 0.29) is 0 Å². The molecule has 0 bridgehead atoms. The molecule has 1 fully saturated rings. The van der Waals surface area contributed by atoms with Crippen LogP contribution in [0, 0.1) is 5.41 Å². The molecule has 1 saturated carbocycles. The Balaban J connectivity index is 1.68. The van der Waals surface area contributed by atoms with E-state index < -0.39 is 11.4 Å². The third kappa shape index (κ3) is 2.33. The molecule has 0 spiro atoms. The van der Waals surface area contributed by atoms with Crippen molar-refractivity contribution in [2.24, 2.45) is 5.41 Å². The first-order chi connectivity index (χ1) is 9.09. The molecular weight excluding hydrogens is 244 g/mol. The van der Waals surface area contributed by atoms with Crippen LogP contribution in [0.1, 0.15) is 18.4 Å². The van der Waals surface area contributed by atoms with Crippen molar-refractivity contribution in [2.45, 2.75) is 19.4 Å². The van der Waals surface area contributed by atoms with Gasteiger partial charge in [0.25, 0.3) is 0 Å². The normalized spacial score (nSPS) is 16.9. The summed E-state index contributed by atoms with van der Waals surface area (Å²) in [4.78, 5) is 17.3. The topological polar surface area (TPSA) is 66.6 Å². The molecule has 0 radical (unpaired) electrons. The standard InChI is InChI=1S/C14H16N2O3/c1-16(8-14(4-5-14)13(17)18)7-10-2-3-11-12(6-10)19-9-15-11/h2-3,6,9H,4-5,7-8H2,1H3,(H,17,18). The van der Waals surface area contributed by atoms with Crippen molar-refractivity contribution in [3.05, 3.63) is 30.2 Å². The van der Waals surface area contributed by atoms with Gasteiger partial charge in [-0.05, 0) is 37.6 Å². The lowest BCUT2D eigenvalue weighted by Gasteiger charge is -2.20. The van der Waals surface area contributed by atoms with E-state index in [9.17, 15) is 9.90 Å². The number of hydrogen-bond acceptors (Lipinski definition) is 4. The lowest BCUT2D eigenvalue weighted by Crippen LogP contribution is -2.31. The summed E-state index contributed by atoms with van der Waals surface area (Å²) in [6.07, 6.45) is 3.00. The molecule has 1 heterocycles. The van der Waals surface area contributed by atoms with Crippen molar-refractivity contribution in [2.75, 3.05) is 13.6 Å². The van der Waals surface area contributed by atoms with Crippen LogP contribution in [-0.2, 0) is 11.3 Å². The number of hydrogen-bond donors (Lipinski definition) is 1. The maximum Gasteiger partial charge on any atom is 0.310 e. The summed E-state index contributed by atoms with van der Waals surface area (Å²) in [6.45, 7) is 1.31. The van der Waals surface area contributed by atoms with Crippen LogP contribution in [0.4, 0.5) is 0 Å². The molecule has 1 aromatic carbocycles. The van der Waals surface area contributed by atoms with Gasteiger partial charge in [-0.1, -0.05) is 6.07 Å². The van der Waals surface area contributed by atoms with E-state index in [1.165, 1.54) is 6.39 Å². The fraction of sp³-hybridized carbons (Fsp3) is 0.429. The molecule has 0 saturated heterocycles. The molecule has 0 amide bonds. The fourth-order valence-electron chi connectivity index (χ4n) is 2.47. The number of rotatable bonds is 5. The van der Waals surface area contributed by atoms with Gasteiger partial charge in [0.2, 0.25) is 0 Å².